The average molecular weight is 386 g/mol. The Morgan fingerprint density at radius 2 is 1.50 bits per heavy atom. The fourth-order valence-corrected chi connectivity index (χ4v) is 3.66. The number of nitrogens with zero attached hydrogens (tertiary/aromatic N) is 1. The largest absolute Gasteiger partial charge is 0.357 e. The first-order valence-electron chi connectivity index (χ1n) is 11.5. The Labute approximate surface area is 171 Å². The van der Waals surface area contributed by atoms with Gasteiger partial charge in [0.2, 0.25) is 5.91 Å². The fraction of sp³-hybridized carbons (Fsp3) is 0.667. The second kappa shape index (κ2) is 14.2. The fourth-order valence-electron chi connectivity index (χ4n) is 3.66. The Kier molecular flexibility index (Phi) is 11.4. The highest BCUT2D eigenvalue weighted by Crippen LogP contribution is 2.12. The molecule has 0 aromatic heterocycles. The number of amides is 1. The maximum absolute atomic E-state index is 12.3. The lowest BCUT2D eigenvalue weighted by atomic mass is 10.1. The van der Waals surface area contributed by atoms with E-state index in [1.54, 1.807) is 0 Å². The molecule has 2 rings (SSSR count). The van der Waals surface area contributed by atoms with E-state index in [9.17, 15) is 4.79 Å². The lowest BCUT2D eigenvalue weighted by molar-refractivity contribution is -0.122. The van der Waals surface area contributed by atoms with Crippen molar-refractivity contribution in [3.05, 3.63) is 35.9 Å². The van der Waals surface area contributed by atoms with Crippen LogP contribution >= 0.6 is 0 Å². The van der Waals surface area contributed by atoms with Crippen molar-refractivity contribution in [2.24, 2.45) is 4.99 Å². The minimum atomic E-state index is -0.229. The molecule has 1 aromatic rings. The highest BCUT2D eigenvalue weighted by Gasteiger charge is 2.24. The molecule has 0 saturated carbocycles. The van der Waals surface area contributed by atoms with Crippen LogP contribution < -0.4 is 10.6 Å². The van der Waals surface area contributed by atoms with Crippen molar-refractivity contribution in [2.75, 3.05) is 13.1 Å². The van der Waals surface area contributed by atoms with Crippen LogP contribution in [0.2, 0.25) is 0 Å². The van der Waals surface area contributed by atoms with Gasteiger partial charge >= 0.3 is 0 Å². The number of nitrogens with one attached hydrogen (secondary N) is 2. The SMILES string of the molecule is CCCCCCCCCCCCCCNC(=O)[C@@H]1CN=C(c2ccccc2)N1. The van der Waals surface area contributed by atoms with Gasteiger partial charge in [-0.3, -0.25) is 9.79 Å². The molecule has 0 saturated heterocycles. The topological polar surface area (TPSA) is 53.5 Å². The zero-order valence-corrected chi connectivity index (χ0v) is 17.7. The number of unbranched alkanes of at least 4 members (excludes halogenated alkanes) is 11. The van der Waals surface area contributed by atoms with Crippen LogP contribution in [-0.4, -0.2) is 30.9 Å². The molecule has 28 heavy (non-hydrogen) atoms. The van der Waals surface area contributed by atoms with E-state index in [2.05, 4.69) is 22.5 Å². The summed E-state index contributed by atoms with van der Waals surface area (Å²) in [6.07, 6.45) is 16.0. The van der Waals surface area contributed by atoms with Crippen LogP contribution in [0, 0.1) is 0 Å². The predicted octanol–water partition coefficient (Wildman–Crippen LogP) is 5.22. The third kappa shape index (κ3) is 8.90. The summed E-state index contributed by atoms with van der Waals surface area (Å²) in [5.41, 5.74) is 1.04. The number of amidine groups is 1. The summed E-state index contributed by atoms with van der Waals surface area (Å²) >= 11 is 0. The molecule has 1 aliphatic rings. The number of carbonyl (C=O) groups excluding carboxylic acids is 1. The van der Waals surface area contributed by atoms with Crippen LogP contribution in [0.15, 0.2) is 35.3 Å². The van der Waals surface area contributed by atoms with Crippen LogP contribution in [0.3, 0.4) is 0 Å². The molecule has 1 aliphatic heterocycles. The maximum atomic E-state index is 12.3. The highest BCUT2D eigenvalue weighted by molar-refractivity contribution is 6.03. The van der Waals surface area contributed by atoms with Crippen molar-refractivity contribution in [3.63, 3.8) is 0 Å². The summed E-state index contributed by atoms with van der Waals surface area (Å²) in [6, 6.07) is 9.75. The molecule has 0 aliphatic carbocycles. The van der Waals surface area contributed by atoms with Gasteiger partial charge in [0.25, 0.3) is 0 Å². The first-order valence-corrected chi connectivity index (χ1v) is 11.5. The lowest BCUT2D eigenvalue weighted by Gasteiger charge is -2.12. The van der Waals surface area contributed by atoms with Gasteiger partial charge in [-0.2, -0.15) is 0 Å². The third-order valence-electron chi connectivity index (χ3n) is 5.44. The number of hydrogen-bond acceptors (Lipinski definition) is 3. The molecule has 1 aromatic carbocycles. The standard InChI is InChI=1S/C24H39N3O/c1-2-3-4-5-6-7-8-9-10-11-12-16-19-25-24(28)22-20-26-23(27-22)21-17-14-13-15-18-21/h13-15,17-18,22H,2-12,16,19-20H2,1H3,(H,25,28)(H,26,27)/t22-/m0/s1. The smallest absolute Gasteiger partial charge is 0.244 e. The molecule has 0 unspecified atom stereocenters. The molecule has 0 bridgehead atoms. The molecule has 1 atom stereocenters. The Morgan fingerprint density at radius 1 is 0.929 bits per heavy atom. The second-order valence-electron chi connectivity index (χ2n) is 7.93. The van der Waals surface area contributed by atoms with Crippen molar-refractivity contribution in [1.29, 1.82) is 0 Å². The summed E-state index contributed by atoms with van der Waals surface area (Å²) < 4.78 is 0. The van der Waals surface area contributed by atoms with Gasteiger partial charge < -0.3 is 10.6 Å². The lowest BCUT2D eigenvalue weighted by Crippen LogP contribution is -2.44. The molecule has 4 nitrogen and oxygen atoms in total. The van der Waals surface area contributed by atoms with Crippen molar-refractivity contribution in [3.8, 4) is 0 Å². The van der Waals surface area contributed by atoms with Crippen molar-refractivity contribution in [2.45, 2.75) is 90.0 Å². The van der Waals surface area contributed by atoms with E-state index in [4.69, 9.17) is 0 Å². The number of aliphatic imine (C=N–C) groups is 1. The van der Waals surface area contributed by atoms with Crippen LogP contribution in [0.25, 0.3) is 0 Å². The van der Waals surface area contributed by atoms with E-state index in [0.29, 0.717) is 6.54 Å². The van der Waals surface area contributed by atoms with Gasteiger partial charge in [0, 0.05) is 12.1 Å². The van der Waals surface area contributed by atoms with Crippen LogP contribution in [0.5, 0.6) is 0 Å². The van der Waals surface area contributed by atoms with E-state index in [0.717, 1.165) is 24.4 Å². The summed E-state index contributed by atoms with van der Waals surface area (Å²) in [4.78, 5) is 16.7. The van der Waals surface area contributed by atoms with Crippen molar-refractivity contribution < 1.29 is 4.79 Å². The number of hydrogen-bond donors (Lipinski definition) is 2. The summed E-state index contributed by atoms with van der Waals surface area (Å²) in [5.74, 6) is 0.892. The molecule has 2 N–H and O–H groups in total. The van der Waals surface area contributed by atoms with Crippen molar-refractivity contribution in [1.82, 2.24) is 10.6 Å². The molecular formula is C24H39N3O. The Bertz CT molecular complexity index is 570. The Hall–Kier alpha value is -1.84. The quantitative estimate of drug-likeness (QED) is 0.407. The molecule has 1 heterocycles. The van der Waals surface area contributed by atoms with E-state index in [1.807, 2.05) is 30.3 Å². The molecule has 0 spiro atoms. The normalized spacial score (nSPS) is 15.9. The maximum Gasteiger partial charge on any atom is 0.244 e. The van der Waals surface area contributed by atoms with E-state index < -0.39 is 0 Å². The molecule has 4 heteroatoms. The van der Waals surface area contributed by atoms with Gasteiger partial charge in [-0.05, 0) is 6.42 Å². The van der Waals surface area contributed by atoms with Gasteiger partial charge in [-0.25, -0.2) is 0 Å². The zero-order chi connectivity index (χ0) is 19.9. The van der Waals surface area contributed by atoms with Gasteiger partial charge in [0.15, 0.2) is 0 Å². The van der Waals surface area contributed by atoms with Crippen molar-refractivity contribution >= 4 is 11.7 Å². The second-order valence-corrected chi connectivity index (χ2v) is 7.93. The molecule has 156 valence electrons. The van der Waals surface area contributed by atoms with Gasteiger partial charge in [-0.15, -0.1) is 0 Å². The van der Waals surface area contributed by atoms with Crippen LogP contribution in [0.1, 0.15) is 89.5 Å². The first-order chi connectivity index (χ1) is 13.8. The summed E-state index contributed by atoms with van der Waals surface area (Å²) in [7, 11) is 0. The third-order valence-corrected chi connectivity index (χ3v) is 5.44. The Balaban J connectivity index is 1.41. The average Bonchev–Trinajstić information content (AvgIpc) is 3.22. The first kappa shape index (κ1) is 22.4. The van der Waals surface area contributed by atoms with E-state index in [1.165, 1.54) is 70.6 Å². The van der Waals surface area contributed by atoms with Gasteiger partial charge in [0.05, 0.1) is 6.54 Å². The van der Waals surface area contributed by atoms with Gasteiger partial charge in [0.1, 0.15) is 11.9 Å². The van der Waals surface area contributed by atoms with Gasteiger partial charge in [-0.1, -0.05) is 108 Å². The van der Waals surface area contributed by atoms with E-state index in [-0.39, 0.29) is 11.9 Å². The minimum absolute atomic E-state index is 0.0674. The molecular weight excluding hydrogens is 346 g/mol. The summed E-state index contributed by atoms with van der Waals surface area (Å²) in [5, 5.41) is 6.30. The number of benzene rings is 1. The molecule has 1 amide bonds. The number of carbonyl (C=O) groups is 1. The monoisotopic (exact) mass is 385 g/mol. The Morgan fingerprint density at radius 3 is 2.11 bits per heavy atom. The van der Waals surface area contributed by atoms with Crippen LogP contribution in [0.4, 0.5) is 0 Å². The predicted molar refractivity (Wildman–Crippen MR) is 119 cm³/mol. The minimum Gasteiger partial charge on any atom is -0.357 e. The zero-order valence-electron chi connectivity index (χ0n) is 17.7. The molecule has 0 radical (unpaired) electrons. The van der Waals surface area contributed by atoms with Crippen LogP contribution in [-0.2, 0) is 4.79 Å². The number of rotatable bonds is 15. The van der Waals surface area contributed by atoms with E-state index >= 15 is 0 Å². The summed E-state index contributed by atoms with van der Waals surface area (Å²) in [6.45, 7) is 3.57. The molecule has 0 fully saturated rings. The highest BCUT2D eigenvalue weighted by atomic mass is 16.2.